The summed E-state index contributed by atoms with van der Waals surface area (Å²) in [5.74, 6) is 0.801. The third kappa shape index (κ3) is 1.44. The molecule has 0 aliphatic heterocycles. The van der Waals surface area contributed by atoms with Crippen LogP contribution in [0.3, 0.4) is 0 Å². The van der Waals surface area contributed by atoms with E-state index in [0.717, 1.165) is 29.9 Å². The molecule has 5 heteroatoms. The van der Waals surface area contributed by atoms with Gasteiger partial charge in [-0.3, -0.25) is 0 Å². The maximum absolute atomic E-state index is 9.28. The average Bonchev–Trinajstić information content (AvgIpc) is 2.93. The zero-order valence-corrected chi connectivity index (χ0v) is 9.14. The van der Waals surface area contributed by atoms with Crippen molar-refractivity contribution >= 4 is 11.3 Å². The fraction of sp³-hybridized carbons (Fsp3) is 0.455. The fourth-order valence-electron chi connectivity index (χ4n) is 1.87. The zero-order valence-electron chi connectivity index (χ0n) is 9.14. The van der Waals surface area contributed by atoms with Crippen LogP contribution in [0.15, 0.2) is 18.5 Å². The molecule has 5 nitrogen and oxygen atoms in total. The van der Waals surface area contributed by atoms with Crippen LogP contribution in [0, 0.1) is 6.92 Å². The maximum Gasteiger partial charge on any atom is 0.152 e. The molecule has 16 heavy (non-hydrogen) atoms. The number of aryl methyl sites for hydroxylation is 1. The summed E-state index contributed by atoms with van der Waals surface area (Å²) >= 11 is 0. The molecule has 0 unspecified atom stereocenters. The van der Waals surface area contributed by atoms with Gasteiger partial charge in [-0.15, -0.1) is 0 Å². The zero-order chi connectivity index (χ0) is 11.2. The Hall–Kier alpha value is -1.62. The number of aliphatic hydroxyl groups excluding tert-OH is 1. The molecule has 0 amide bonds. The number of nitrogens with one attached hydrogen (secondary N) is 1. The van der Waals surface area contributed by atoms with Crippen molar-refractivity contribution in [1.82, 2.24) is 14.6 Å². The van der Waals surface area contributed by atoms with E-state index in [1.54, 1.807) is 10.7 Å². The predicted molar refractivity (Wildman–Crippen MR) is 60.4 cm³/mol. The van der Waals surface area contributed by atoms with Gasteiger partial charge in [0.15, 0.2) is 5.82 Å². The van der Waals surface area contributed by atoms with Crippen molar-refractivity contribution < 1.29 is 5.11 Å². The Kier molecular flexibility index (Phi) is 1.91. The minimum atomic E-state index is -0.146. The average molecular weight is 218 g/mol. The summed E-state index contributed by atoms with van der Waals surface area (Å²) in [4.78, 5) is 4.31. The summed E-state index contributed by atoms with van der Waals surface area (Å²) in [5, 5.41) is 16.9. The number of aromatic nitrogens is 3. The van der Waals surface area contributed by atoms with Gasteiger partial charge in [-0.1, -0.05) is 0 Å². The Morgan fingerprint density at radius 1 is 1.56 bits per heavy atom. The van der Waals surface area contributed by atoms with Crippen LogP contribution in [0.25, 0.3) is 5.52 Å². The molecular formula is C11H14N4O. The van der Waals surface area contributed by atoms with Crippen molar-refractivity contribution in [2.24, 2.45) is 0 Å². The van der Waals surface area contributed by atoms with Gasteiger partial charge in [-0.25, -0.2) is 9.50 Å². The van der Waals surface area contributed by atoms with E-state index in [2.05, 4.69) is 15.4 Å². The molecule has 0 radical (unpaired) electrons. The van der Waals surface area contributed by atoms with Gasteiger partial charge < -0.3 is 10.4 Å². The Labute approximate surface area is 93.1 Å². The quantitative estimate of drug-likeness (QED) is 0.806. The van der Waals surface area contributed by atoms with Crippen molar-refractivity contribution in [3.05, 3.63) is 24.2 Å². The Morgan fingerprint density at radius 2 is 2.38 bits per heavy atom. The van der Waals surface area contributed by atoms with Crippen LogP contribution in [0.5, 0.6) is 0 Å². The number of anilines is 1. The number of nitrogens with zero attached hydrogens (tertiary/aromatic N) is 3. The molecule has 1 aliphatic carbocycles. The van der Waals surface area contributed by atoms with Crippen LogP contribution >= 0.6 is 0 Å². The monoisotopic (exact) mass is 218 g/mol. The summed E-state index contributed by atoms with van der Waals surface area (Å²) in [5.41, 5.74) is 1.78. The van der Waals surface area contributed by atoms with Crippen molar-refractivity contribution in [2.45, 2.75) is 25.3 Å². The van der Waals surface area contributed by atoms with E-state index >= 15 is 0 Å². The lowest BCUT2D eigenvalue weighted by atomic mass is 10.3. The first-order chi connectivity index (χ1) is 7.72. The molecule has 1 fully saturated rings. The Morgan fingerprint density at radius 3 is 3.06 bits per heavy atom. The van der Waals surface area contributed by atoms with E-state index in [1.165, 1.54) is 0 Å². The molecule has 1 saturated carbocycles. The first kappa shape index (κ1) is 9.59. The highest BCUT2D eigenvalue weighted by atomic mass is 16.3. The number of aliphatic hydroxyl groups is 1. The molecule has 2 heterocycles. The minimum absolute atomic E-state index is 0.146. The number of hydrogen-bond donors (Lipinski definition) is 2. The number of hydrogen-bond acceptors (Lipinski definition) is 4. The molecule has 0 saturated heterocycles. The van der Waals surface area contributed by atoms with Crippen LogP contribution in [-0.4, -0.2) is 31.9 Å². The maximum atomic E-state index is 9.28. The van der Waals surface area contributed by atoms with Crippen LogP contribution < -0.4 is 5.32 Å². The highest BCUT2D eigenvalue weighted by Crippen LogP contribution is 2.38. The lowest BCUT2D eigenvalue weighted by Gasteiger charge is -2.15. The molecule has 0 aromatic carbocycles. The standard InChI is InChI=1S/C11H14N4O/c1-8-6-9-10(12-4-5-15(9)14-8)13-11(7-16)2-3-11/h4-6,16H,2-3,7H2,1H3,(H,12,13). The molecule has 84 valence electrons. The summed E-state index contributed by atoms with van der Waals surface area (Å²) in [7, 11) is 0. The largest absolute Gasteiger partial charge is 0.394 e. The highest BCUT2D eigenvalue weighted by molar-refractivity contribution is 5.69. The van der Waals surface area contributed by atoms with Crippen LogP contribution in [0.1, 0.15) is 18.5 Å². The minimum Gasteiger partial charge on any atom is -0.394 e. The normalized spacial score (nSPS) is 17.6. The molecular weight excluding hydrogens is 204 g/mol. The summed E-state index contributed by atoms with van der Waals surface area (Å²) in [6.07, 6.45) is 5.54. The topological polar surface area (TPSA) is 62.5 Å². The highest BCUT2D eigenvalue weighted by Gasteiger charge is 2.42. The van der Waals surface area contributed by atoms with Crippen molar-refractivity contribution in [2.75, 3.05) is 11.9 Å². The van der Waals surface area contributed by atoms with E-state index in [4.69, 9.17) is 0 Å². The molecule has 0 spiro atoms. The first-order valence-electron chi connectivity index (χ1n) is 5.42. The van der Waals surface area contributed by atoms with E-state index in [9.17, 15) is 5.11 Å². The first-order valence-corrected chi connectivity index (χ1v) is 5.42. The van der Waals surface area contributed by atoms with Crippen LogP contribution in [0.2, 0.25) is 0 Å². The summed E-state index contributed by atoms with van der Waals surface area (Å²) < 4.78 is 1.80. The van der Waals surface area contributed by atoms with Gasteiger partial charge in [-0.2, -0.15) is 5.10 Å². The van der Waals surface area contributed by atoms with Gasteiger partial charge in [0.25, 0.3) is 0 Å². The molecule has 2 N–H and O–H groups in total. The van der Waals surface area contributed by atoms with E-state index in [-0.39, 0.29) is 12.1 Å². The molecule has 3 rings (SSSR count). The van der Waals surface area contributed by atoms with Gasteiger partial charge in [0.05, 0.1) is 17.8 Å². The fourth-order valence-corrected chi connectivity index (χ4v) is 1.87. The van der Waals surface area contributed by atoms with Crippen LogP contribution in [-0.2, 0) is 0 Å². The SMILES string of the molecule is Cc1cc2c(NC3(CO)CC3)nccn2n1. The van der Waals surface area contributed by atoms with E-state index in [1.807, 2.05) is 19.2 Å². The Bertz CT molecular complexity index is 530. The molecule has 1 aliphatic rings. The molecule has 0 atom stereocenters. The van der Waals surface area contributed by atoms with Gasteiger partial charge in [0.2, 0.25) is 0 Å². The lowest BCUT2D eigenvalue weighted by molar-refractivity contribution is 0.266. The van der Waals surface area contributed by atoms with Gasteiger partial charge in [-0.05, 0) is 25.8 Å². The number of rotatable bonds is 3. The van der Waals surface area contributed by atoms with E-state index in [0.29, 0.717) is 0 Å². The third-order valence-corrected chi connectivity index (χ3v) is 3.05. The van der Waals surface area contributed by atoms with Crippen molar-refractivity contribution in [3.63, 3.8) is 0 Å². The second-order valence-corrected chi connectivity index (χ2v) is 4.45. The van der Waals surface area contributed by atoms with Crippen molar-refractivity contribution in [1.29, 1.82) is 0 Å². The molecule has 2 aromatic rings. The lowest BCUT2D eigenvalue weighted by Crippen LogP contribution is -2.26. The number of fused-ring (bicyclic) bond motifs is 1. The van der Waals surface area contributed by atoms with Gasteiger partial charge in [0.1, 0.15) is 5.52 Å². The Balaban J connectivity index is 2.02. The summed E-state index contributed by atoms with van der Waals surface area (Å²) in [6, 6.07) is 1.99. The molecule has 0 bridgehead atoms. The summed E-state index contributed by atoms with van der Waals surface area (Å²) in [6.45, 7) is 2.11. The van der Waals surface area contributed by atoms with Crippen molar-refractivity contribution in [3.8, 4) is 0 Å². The van der Waals surface area contributed by atoms with Gasteiger partial charge in [0, 0.05) is 12.4 Å². The third-order valence-electron chi connectivity index (χ3n) is 3.05. The van der Waals surface area contributed by atoms with E-state index < -0.39 is 0 Å². The van der Waals surface area contributed by atoms with Gasteiger partial charge >= 0.3 is 0 Å². The smallest absolute Gasteiger partial charge is 0.152 e. The van der Waals surface area contributed by atoms with Crippen LogP contribution in [0.4, 0.5) is 5.82 Å². The second kappa shape index (κ2) is 3.18. The predicted octanol–water partition coefficient (Wildman–Crippen LogP) is 0.975. The molecule has 2 aromatic heterocycles. The second-order valence-electron chi connectivity index (χ2n) is 4.45.